The molecule has 3 aliphatic heterocycles. The Labute approximate surface area is 192 Å². The van der Waals surface area contributed by atoms with Crippen molar-refractivity contribution < 1.29 is 14.7 Å². The topological polar surface area (TPSA) is 82.8 Å². The Kier molecular flexibility index (Phi) is 4.91. The quantitative estimate of drug-likeness (QED) is 0.774. The molecule has 1 saturated heterocycles. The average molecular weight is 448 g/mol. The van der Waals surface area contributed by atoms with Crippen LogP contribution in [0, 0.1) is 17.8 Å². The molecule has 2 amide bonds. The van der Waals surface area contributed by atoms with E-state index in [0.29, 0.717) is 32.0 Å². The summed E-state index contributed by atoms with van der Waals surface area (Å²) in [6.45, 7) is 1.39. The second-order valence-corrected chi connectivity index (χ2v) is 10.0. The number of likely N-dealkylation sites (tertiary alicyclic amines) is 1. The fourth-order valence-electron chi connectivity index (χ4n) is 6.24. The summed E-state index contributed by atoms with van der Waals surface area (Å²) in [6, 6.07) is 12.3. The van der Waals surface area contributed by atoms with Crippen LogP contribution in [0.5, 0.6) is 0 Å². The first-order valence-corrected chi connectivity index (χ1v) is 12.0. The highest BCUT2D eigenvalue weighted by atomic mass is 16.3. The van der Waals surface area contributed by atoms with Crippen molar-refractivity contribution in [3.8, 4) is 0 Å². The van der Waals surface area contributed by atoms with Crippen molar-refractivity contribution in [2.45, 2.75) is 50.9 Å². The summed E-state index contributed by atoms with van der Waals surface area (Å²) >= 11 is 0. The van der Waals surface area contributed by atoms with Crippen molar-refractivity contribution in [2.24, 2.45) is 17.8 Å². The second-order valence-electron chi connectivity index (χ2n) is 10.0. The van der Waals surface area contributed by atoms with E-state index in [9.17, 15) is 19.5 Å². The molecule has 7 heteroatoms. The first-order chi connectivity index (χ1) is 16.1. The molecule has 0 spiro atoms. The molecule has 1 N–H and O–H groups in total. The first kappa shape index (κ1) is 20.7. The van der Waals surface area contributed by atoms with E-state index in [4.69, 9.17) is 0 Å². The first-order valence-electron chi connectivity index (χ1n) is 12.0. The van der Waals surface area contributed by atoms with Crippen molar-refractivity contribution in [3.63, 3.8) is 0 Å². The van der Waals surface area contributed by atoms with Gasteiger partial charge in [-0.2, -0.15) is 0 Å². The van der Waals surface area contributed by atoms with Crippen LogP contribution < -0.4 is 5.56 Å². The fraction of sp³-hybridized carbons (Fsp3) is 0.500. The summed E-state index contributed by atoms with van der Waals surface area (Å²) < 4.78 is 1.72. The number of aliphatic hydroxyl groups is 1. The van der Waals surface area contributed by atoms with E-state index >= 15 is 0 Å². The summed E-state index contributed by atoms with van der Waals surface area (Å²) in [6.07, 6.45) is 3.33. The molecule has 33 heavy (non-hydrogen) atoms. The zero-order chi connectivity index (χ0) is 22.7. The normalized spacial score (nSPS) is 27.8. The van der Waals surface area contributed by atoms with E-state index in [0.717, 1.165) is 30.5 Å². The number of hydrogen-bond acceptors (Lipinski definition) is 4. The van der Waals surface area contributed by atoms with Gasteiger partial charge in [0.05, 0.1) is 6.04 Å². The number of carbonyl (C=O) groups is 2. The summed E-state index contributed by atoms with van der Waals surface area (Å²) in [5.74, 6) is -0.238. The van der Waals surface area contributed by atoms with Crippen LogP contribution in [0.15, 0.2) is 47.3 Å². The Bertz CT molecular complexity index is 1170. The lowest BCUT2D eigenvalue weighted by Gasteiger charge is -2.36. The largest absolute Gasteiger partial charge is 0.396 e. The molecule has 1 aromatic carbocycles. The molecule has 4 heterocycles. The van der Waals surface area contributed by atoms with Crippen molar-refractivity contribution in [1.29, 1.82) is 0 Å². The molecule has 0 radical (unpaired) electrons. The lowest BCUT2D eigenvalue weighted by Crippen LogP contribution is -2.52. The van der Waals surface area contributed by atoms with E-state index in [1.807, 2.05) is 23.1 Å². The number of rotatable bonds is 4. The molecule has 4 aliphatic rings. The predicted molar refractivity (Wildman–Crippen MR) is 121 cm³/mol. The van der Waals surface area contributed by atoms with Crippen molar-refractivity contribution in [3.05, 3.63) is 69.6 Å². The maximum Gasteiger partial charge on any atom is 0.250 e. The standard InChI is InChI=1S/C26H29N3O4/c30-15-20-19-14-28-21(6-3-7-22(28)31)24(19)29(23(32)12-16-8-9-16)25(20)26(33)27-11-10-17-4-1-2-5-18(17)13-27/h1-7,16,19-20,24-25,30H,8-15H2/t19-,20-,24+,25-/m1/s1. The Balaban J connectivity index is 1.37. The van der Waals surface area contributed by atoms with Crippen LogP contribution >= 0.6 is 0 Å². The van der Waals surface area contributed by atoms with Gasteiger partial charge < -0.3 is 19.5 Å². The van der Waals surface area contributed by atoms with E-state index in [1.165, 1.54) is 11.6 Å². The van der Waals surface area contributed by atoms with Crippen molar-refractivity contribution >= 4 is 11.8 Å². The minimum absolute atomic E-state index is 0.0241. The zero-order valence-electron chi connectivity index (χ0n) is 18.6. The summed E-state index contributed by atoms with van der Waals surface area (Å²) in [4.78, 5) is 43.6. The average Bonchev–Trinajstić information content (AvgIpc) is 3.47. The summed E-state index contributed by atoms with van der Waals surface area (Å²) in [5.41, 5.74) is 3.10. The Morgan fingerprint density at radius 3 is 2.58 bits per heavy atom. The van der Waals surface area contributed by atoms with Gasteiger partial charge in [0.25, 0.3) is 5.56 Å². The van der Waals surface area contributed by atoms with Gasteiger partial charge in [-0.25, -0.2) is 0 Å². The van der Waals surface area contributed by atoms with E-state index in [2.05, 4.69) is 12.1 Å². The molecule has 172 valence electrons. The smallest absolute Gasteiger partial charge is 0.250 e. The third-order valence-corrected chi connectivity index (χ3v) is 8.09. The van der Waals surface area contributed by atoms with E-state index in [-0.39, 0.29) is 41.9 Å². The van der Waals surface area contributed by atoms with Gasteiger partial charge in [-0.15, -0.1) is 0 Å². The Hall–Kier alpha value is -2.93. The number of benzene rings is 1. The van der Waals surface area contributed by atoms with Gasteiger partial charge in [0.15, 0.2) is 0 Å². The lowest BCUT2D eigenvalue weighted by molar-refractivity contribution is -0.148. The van der Waals surface area contributed by atoms with Crippen LogP contribution in [-0.4, -0.2) is 50.5 Å². The molecular formula is C26H29N3O4. The maximum atomic E-state index is 14.0. The molecule has 2 aromatic rings. The number of fused-ring (bicyclic) bond motifs is 4. The third kappa shape index (κ3) is 3.32. The van der Waals surface area contributed by atoms with Gasteiger partial charge in [-0.1, -0.05) is 30.3 Å². The number of aliphatic hydroxyl groups excluding tert-OH is 1. The number of hydrogen-bond donors (Lipinski definition) is 1. The fourth-order valence-corrected chi connectivity index (χ4v) is 6.24. The molecule has 6 rings (SSSR count). The lowest BCUT2D eigenvalue weighted by atomic mass is 9.87. The highest BCUT2D eigenvalue weighted by Crippen LogP contribution is 2.50. The Morgan fingerprint density at radius 1 is 1.03 bits per heavy atom. The van der Waals surface area contributed by atoms with Crippen LogP contribution in [0.4, 0.5) is 0 Å². The van der Waals surface area contributed by atoms with Crippen LogP contribution in [0.3, 0.4) is 0 Å². The van der Waals surface area contributed by atoms with Gasteiger partial charge in [-0.3, -0.25) is 14.4 Å². The number of nitrogens with zero attached hydrogens (tertiary/aromatic N) is 3. The van der Waals surface area contributed by atoms with Crippen LogP contribution in [0.1, 0.15) is 42.1 Å². The van der Waals surface area contributed by atoms with Gasteiger partial charge >= 0.3 is 0 Å². The molecule has 0 unspecified atom stereocenters. The SMILES string of the molecule is O=C([C@H]1[C@H](CO)[C@H]2Cn3c(cccc3=O)[C@H]2N1C(=O)CC1CC1)N1CCc2ccccc2C1. The van der Waals surface area contributed by atoms with Crippen LogP contribution in [-0.2, 0) is 29.1 Å². The highest BCUT2D eigenvalue weighted by Gasteiger charge is 2.58. The molecule has 4 atom stereocenters. The maximum absolute atomic E-state index is 14.0. The van der Waals surface area contributed by atoms with Crippen LogP contribution in [0.2, 0.25) is 0 Å². The minimum atomic E-state index is -0.689. The second kappa shape index (κ2) is 7.83. The van der Waals surface area contributed by atoms with Gasteiger partial charge in [0, 0.05) is 56.3 Å². The molecule has 2 fully saturated rings. The molecule has 1 aliphatic carbocycles. The highest BCUT2D eigenvalue weighted by molar-refractivity contribution is 5.89. The number of pyridine rings is 1. The summed E-state index contributed by atoms with van der Waals surface area (Å²) in [7, 11) is 0. The molecule has 0 bridgehead atoms. The number of carbonyl (C=O) groups excluding carboxylic acids is 2. The Morgan fingerprint density at radius 2 is 1.82 bits per heavy atom. The van der Waals surface area contributed by atoms with Gasteiger partial charge in [-0.05, 0) is 42.4 Å². The third-order valence-electron chi connectivity index (χ3n) is 8.09. The predicted octanol–water partition coefficient (Wildman–Crippen LogP) is 1.72. The summed E-state index contributed by atoms with van der Waals surface area (Å²) in [5, 5.41) is 10.4. The monoisotopic (exact) mass is 447 g/mol. The molecular weight excluding hydrogens is 418 g/mol. The minimum Gasteiger partial charge on any atom is -0.396 e. The molecule has 7 nitrogen and oxygen atoms in total. The number of amides is 2. The zero-order valence-corrected chi connectivity index (χ0v) is 18.6. The van der Waals surface area contributed by atoms with Crippen molar-refractivity contribution in [1.82, 2.24) is 14.4 Å². The molecule has 1 aromatic heterocycles. The van der Waals surface area contributed by atoms with Crippen molar-refractivity contribution in [2.75, 3.05) is 13.2 Å². The van der Waals surface area contributed by atoms with Gasteiger partial charge in [0.2, 0.25) is 11.8 Å². The van der Waals surface area contributed by atoms with Crippen LogP contribution in [0.25, 0.3) is 0 Å². The number of aromatic nitrogens is 1. The van der Waals surface area contributed by atoms with E-state index < -0.39 is 6.04 Å². The molecule has 1 saturated carbocycles. The van der Waals surface area contributed by atoms with E-state index in [1.54, 1.807) is 15.5 Å². The van der Waals surface area contributed by atoms with Gasteiger partial charge in [0.1, 0.15) is 6.04 Å².